The Kier molecular flexibility index (Phi) is 4.06. The topological polar surface area (TPSA) is 91.2 Å². The van der Waals surface area contributed by atoms with Crippen LogP contribution >= 0.6 is 0 Å². The molecule has 0 saturated carbocycles. The zero-order valence-electron chi connectivity index (χ0n) is 13.9. The van der Waals surface area contributed by atoms with Gasteiger partial charge in [0.25, 0.3) is 0 Å². The lowest BCUT2D eigenvalue weighted by Gasteiger charge is -2.08. The van der Waals surface area contributed by atoms with E-state index in [9.17, 15) is 4.79 Å². The number of aryl methyl sites for hydroxylation is 1. The molecule has 0 spiro atoms. The van der Waals surface area contributed by atoms with Crippen molar-refractivity contribution in [3.05, 3.63) is 59.9 Å². The highest BCUT2D eigenvalue weighted by molar-refractivity contribution is 6.02. The van der Waals surface area contributed by atoms with Crippen LogP contribution in [0.2, 0.25) is 0 Å². The zero-order chi connectivity index (χ0) is 17.9. The minimum Gasteiger partial charge on any atom is -0.454 e. The van der Waals surface area contributed by atoms with Gasteiger partial charge < -0.3 is 14.8 Å². The number of rotatable bonds is 4. The maximum Gasteiger partial charge on any atom is 0.248 e. The second-order valence-electron chi connectivity index (χ2n) is 5.69. The Morgan fingerprint density at radius 2 is 2.08 bits per heavy atom. The molecule has 4 rings (SSSR count). The molecule has 0 aliphatic carbocycles. The fraction of sp³-hybridized carbons (Fsp3) is 0.111. The van der Waals surface area contributed by atoms with E-state index < -0.39 is 0 Å². The highest BCUT2D eigenvalue weighted by Gasteiger charge is 2.12. The van der Waals surface area contributed by atoms with Gasteiger partial charge in [-0.05, 0) is 64.9 Å². The summed E-state index contributed by atoms with van der Waals surface area (Å²) in [6.07, 6.45) is 4.72. The molecule has 2 heterocycles. The molecule has 0 bridgehead atoms. The van der Waals surface area contributed by atoms with Crippen LogP contribution in [-0.4, -0.2) is 32.9 Å². The molecule has 0 atom stereocenters. The van der Waals surface area contributed by atoms with Gasteiger partial charge in [0.2, 0.25) is 12.7 Å². The van der Waals surface area contributed by atoms with Gasteiger partial charge in [-0.3, -0.25) is 4.79 Å². The van der Waals surface area contributed by atoms with Gasteiger partial charge in [0.15, 0.2) is 11.5 Å². The predicted octanol–water partition coefficient (Wildman–Crippen LogP) is 2.35. The number of carbonyl (C=O) groups excluding carboxylic acids is 1. The number of amides is 1. The highest BCUT2D eigenvalue weighted by atomic mass is 16.7. The van der Waals surface area contributed by atoms with Crippen molar-refractivity contribution in [2.45, 2.75) is 6.92 Å². The number of nitrogens with one attached hydrogen (secondary N) is 1. The molecule has 1 N–H and O–H groups in total. The van der Waals surface area contributed by atoms with Gasteiger partial charge in [-0.2, -0.15) is 0 Å². The third-order valence-corrected chi connectivity index (χ3v) is 3.88. The predicted molar refractivity (Wildman–Crippen MR) is 94.1 cm³/mol. The van der Waals surface area contributed by atoms with Crippen molar-refractivity contribution in [2.75, 3.05) is 12.1 Å². The zero-order valence-corrected chi connectivity index (χ0v) is 13.9. The summed E-state index contributed by atoms with van der Waals surface area (Å²) in [6.45, 7) is 2.15. The van der Waals surface area contributed by atoms with Crippen LogP contribution in [0.4, 0.5) is 5.69 Å². The Hall–Kier alpha value is -3.68. The molecule has 0 saturated heterocycles. The first-order valence-electron chi connectivity index (χ1n) is 7.92. The molecule has 1 aliphatic rings. The Labute approximate surface area is 149 Å². The quantitative estimate of drug-likeness (QED) is 0.727. The number of aromatic nitrogens is 4. The molecule has 0 unspecified atom stereocenters. The van der Waals surface area contributed by atoms with E-state index in [1.807, 2.05) is 37.3 Å². The van der Waals surface area contributed by atoms with E-state index in [2.05, 4.69) is 20.8 Å². The Morgan fingerprint density at radius 1 is 1.19 bits per heavy atom. The van der Waals surface area contributed by atoms with Crippen molar-refractivity contribution in [2.24, 2.45) is 0 Å². The van der Waals surface area contributed by atoms with Gasteiger partial charge in [0.05, 0.1) is 5.69 Å². The van der Waals surface area contributed by atoms with E-state index in [0.29, 0.717) is 17.2 Å². The molecular formula is C18H15N5O3. The summed E-state index contributed by atoms with van der Waals surface area (Å²) in [6, 6.07) is 11.0. The number of anilines is 1. The first-order chi connectivity index (χ1) is 12.7. The third-order valence-electron chi connectivity index (χ3n) is 3.88. The van der Waals surface area contributed by atoms with Gasteiger partial charge in [0, 0.05) is 11.8 Å². The first kappa shape index (κ1) is 15.8. The summed E-state index contributed by atoms with van der Waals surface area (Å²) >= 11 is 0. The van der Waals surface area contributed by atoms with Crippen molar-refractivity contribution in [1.29, 1.82) is 0 Å². The summed E-state index contributed by atoms with van der Waals surface area (Å²) in [5.41, 5.74) is 3.34. The number of hydrogen-bond acceptors (Lipinski definition) is 6. The maximum atomic E-state index is 12.2. The largest absolute Gasteiger partial charge is 0.454 e. The number of ether oxygens (including phenoxy) is 2. The van der Waals surface area contributed by atoms with Crippen LogP contribution in [0.15, 0.2) is 48.8 Å². The van der Waals surface area contributed by atoms with Crippen molar-refractivity contribution < 1.29 is 14.3 Å². The molecule has 3 aromatic rings. The van der Waals surface area contributed by atoms with Crippen LogP contribution in [0.3, 0.4) is 0 Å². The lowest BCUT2D eigenvalue weighted by atomic mass is 10.1. The second kappa shape index (κ2) is 6.67. The van der Waals surface area contributed by atoms with Gasteiger partial charge in [-0.15, -0.1) is 5.10 Å². The molecule has 1 aromatic heterocycles. The van der Waals surface area contributed by atoms with E-state index in [1.54, 1.807) is 16.8 Å². The van der Waals surface area contributed by atoms with Crippen LogP contribution in [0, 0.1) is 6.92 Å². The van der Waals surface area contributed by atoms with Gasteiger partial charge >= 0.3 is 0 Å². The number of nitrogens with zero attached hydrogens (tertiary/aromatic N) is 4. The average Bonchev–Trinajstić information content (AvgIpc) is 3.31. The molecule has 130 valence electrons. The van der Waals surface area contributed by atoms with Crippen LogP contribution in [0.25, 0.3) is 11.8 Å². The highest BCUT2D eigenvalue weighted by Crippen LogP contribution is 2.32. The van der Waals surface area contributed by atoms with Crippen LogP contribution in [0.5, 0.6) is 11.5 Å². The molecule has 8 heteroatoms. The number of fused-ring (bicyclic) bond motifs is 1. The van der Waals surface area contributed by atoms with Crippen LogP contribution in [0.1, 0.15) is 11.1 Å². The monoisotopic (exact) mass is 349 g/mol. The van der Waals surface area contributed by atoms with Gasteiger partial charge in [-0.1, -0.05) is 6.07 Å². The average molecular weight is 349 g/mol. The third kappa shape index (κ3) is 3.25. The number of carbonyl (C=O) groups is 1. The minimum absolute atomic E-state index is 0.225. The molecule has 1 amide bonds. The minimum atomic E-state index is -0.225. The summed E-state index contributed by atoms with van der Waals surface area (Å²) in [7, 11) is 0. The SMILES string of the molecule is Cc1cc(NC(=O)/C=C/c2ccc3c(c2)OCO3)ccc1-n1cnnn1. The van der Waals surface area contributed by atoms with Crippen molar-refractivity contribution >= 4 is 17.7 Å². The summed E-state index contributed by atoms with van der Waals surface area (Å²) in [4.78, 5) is 12.2. The fourth-order valence-corrected chi connectivity index (χ4v) is 2.63. The number of benzene rings is 2. The van der Waals surface area contributed by atoms with E-state index >= 15 is 0 Å². The fourth-order valence-electron chi connectivity index (χ4n) is 2.63. The molecular weight excluding hydrogens is 334 g/mol. The second-order valence-corrected chi connectivity index (χ2v) is 5.69. The Bertz CT molecular complexity index is 982. The molecule has 8 nitrogen and oxygen atoms in total. The molecule has 0 fully saturated rings. The number of tetrazole rings is 1. The standard InChI is InChI=1S/C18H15N5O3/c1-12-8-14(4-5-15(12)23-10-19-21-22-23)20-18(24)7-3-13-2-6-16-17(9-13)26-11-25-16/h2-10H,11H2,1H3,(H,20,24)/b7-3+. The van der Waals surface area contributed by atoms with E-state index in [-0.39, 0.29) is 12.7 Å². The number of hydrogen-bond donors (Lipinski definition) is 1. The smallest absolute Gasteiger partial charge is 0.248 e. The van der Waals surface area contributed by atoms with E-state index in [0.717, 1.165) is 16.8 Å². The summed E-state index contributed by atoms with van der Waals surface area (Å²) in [5, 5.41) is 13.9. The van der Waals surface area contributed by atoms with E-state index in [1.165, 1.54) is 12.4 Å². The van der Waals surface area contributed by atoms with Crippen molar-refractivity contribution in [1.82, 2.24) is 20.2 Å². The van der Waals surface area contributed by atoms with Crippen LogP contribution < -0.4 is 14.8 Å². The summed E-state index contributed by atoms with van der Waals surface area (Å²) < 4.78 is 12.2. The molecule has 26 heavy (non-hydrogen) atoms. The summed E-state index contributed by atoms with van der Waals surface area (Å²) in [5.74, 6) is 1.17. The Balaban J connectivity index is 1.44. The Morgan fingerprint density at radius 3 is 2.88 bits per heavy atom. The van der Waals surface area contributed by atoms with E-state index in [4.69, 9.17) is 9.47 Å². The molecule has 1 aliphatic heterocycles. The first-order valence-corrected chi connectivity index (χ1v) is 7.92. The van der Waals surface area contributed by atoms with Gasteiger partial charge in [-0.25, -0.2) is 4.68 Å². The maximum absolute atomic E-state index is 12.2. The lowest BCUT2D eigenvalue weighted by Crippen LogP contribution is -2.08. The van der Waals surface area contributed by atoms with Crippen molar-refractivity contribution in [3.8, 4) is 17.2 Å². The molecule has 0 radical (unpaired) electrons. The lowest BCUT2D eigenvalue weighted by molar-refractivity contribution is -0.111. The van der Waals surface area contributed by atoms with Crippen LogP contribution in [-0.2, 0) is 4.79 Å². The normalized spacial score (nSPS) is 12.5. The van der Waals surface area contributed by atoms with Gasteiger partial charge in [0.1, 0.15) is 6.33 Å². The van der Waals surface area contributed by atoms with Crippen molar-refractivity contribution in [3.63, 3.8) is 0 Å². The molecule has 2 aromatic carbocycles.